The van der Waals surface area contributed by atoms with Gasteiger partial charge in [0.2, 0.25) is 5.43 Å². The Morgan fingerprint density at radius 2 is 2.07 bits per heavy atom. The lowest BCUT2D eigenvalue weighted by atomic mass is 9.89. The summed E-state index contributed by atoms with van der Waals surface area (Å²) in [5.41, 5.74) is 5.13. The molecule has 0 saturated carbocycles. The first-order valence-corrected chi connectivity index (χ1v) is 9.81. The zero-order valence-corrected chi connectivity index (χ0v) is 17.9. The Kier molecular flexibility index (Phi) is 5.19. The van der Waals surface area contributed by atoms with Crippen molar-refractivity contribution < 1.29 is 13.9 Å². The molecule has 2 aromatic heterocycles. The zero-order valence-electron chi connectivity index (χ0n) is 17.9. The van der Waals surface area contributed by atoms with Crippen molar-refractivity contribution >= 4 is 22.8 Å². The molecule has 8 heteroatoms. The van der Waals surface area contributed by atoms with E-state index in [1.807, 2.05) is 39.5 Å². The molecule has 0 bridgehead atoms. The second-order valence-corrected chi connectivity index (χ2v) is 9.27. The number of halogens is 1. The lowest BCUT2D eigenvalue weighted by molar-refractivity contribution is 0.0524. The van der Waals surface area contributed by atoms with Gasteiger partial charge in [-0.25, -0.2) is 14.2 Å². The maximum absolute atomic E-state index is 15.0. The van der Waals surface area contributed by atoms with Crippen molar-refractivity contribution in [2.24, 2.45) is 11.1 Å². The number of carbonyl (C=O) groups is 1. The Hall–Kier alpha value is -2.48. The summed E-state index contributed by atoms with van der Waals surface area (Å²) in [5, 5.41) is 0.0504. The average molecular weight is 404 g/mol. The highest BCUT2D eigenvalue weighted by molar-refractivity contribution is 5.93. The second kappa shape index (κ2) is 7.09. The minimum Gasteiger partial charge on any atom is -0.462 e. The molecule has 0 spiro atoms. The summed E-state index contributed by atoms with van der Waals surface area (Å²) in [6.07, 6.45) is 1.46. The van der Waals surface area contributed by atoms with E-state index in [9.17, 15) is 9.59 Å². The van der Waals surface area contributed by atoms with E-state index in [2.05, 4.69) is 4.98 Å². The first kappa shape index (κ1) is 21.2. The number of fused-ring (bicyclic) bond motifs is 1. The Bertz CT molecular complexity index is 1020. The third kappa shape index (κ3) is 3.73. The maximum atomic E-state index is 15.0. The molecule has 3 rings (SSSR count). The second-order valence-electron chi connectivity index (χ2n) is 9.27. The third-order valence-corrected chi connectivity index (χ3v) is 5.45. The molecule has 1 atom stereocenters. The van der Waals surface area contributed by atoms with E-state index >= 15 is 4.39 Å². The van der Waals surface area contributed by atoms with Gasteiger partial charge in [-0.3, -0.25) is 4.79 Å². The van der Waals surface area contributed by atoms with Crippen LogP contribution in [0.25, 0.3) is 11.0 Å². The minimum absolute atomic E-state index is 0.0504. The Balaban J connectivity index is 2.26. The fourth-order valence-electron chi connectivity index (χ4n) is 3.62. The topological polar surface area (TPSA) is 90.5 Å². The van der Waals surface area contributed by atoms with Crippen LogP contribution in [0.15, 0.2) is 17.1 Å². The Morgan fingerprint density at radius 3 is 2.59 bits per heavy atom. The largest absolute Gasteiger partial charge is 0.462 e. The van der Waals surface area contributed by atoms with Gasteiger partial charge >= 0.3 is 5.97 Å². The molecule has 0 aromatic carbocycles. The molecule has 158 valence electrons. The van der Waals surface area contributed by atoms with E-state index in [0.29, 0.717) is 18.7 Å². The lowest BCUT2D eigenvalue weighted by Gasteiger charge is -2.27. The van der Waals surface area contributed by atoms with E-state index in [0.717, 1.165) is 0 Å². The lowest BCUT2D eigenvalue weighted by Crippen LogP contribution is -2.35. The van der Waals surface area contributed by atoms with Crippen molar-refractivity contribution in [3.05, 3.63) is 33.9 Å². The monoisotopic (exact) mass is 404 g/mol. The van der Waals surface area contributed by atoms with Crippen LogP contribution in [0.4, 0.5) is 10.2 Å². The van der Waals surface area contributed by atoms with Crippen molar-refractivity contribution in [1.29, 1.82) is 0 Å². The molecule has 0 radical (unpaired) electrons. The smallest absolute Gasteiger partial charge is 0.343 e. The highest BCUT2D eigenvalue weighted by Gasteiger charge is 2.38. The number of hydrogen-bond donors (Lipinski definition) is 1. The number of aromatic nitrogens is 2. The van der Waals surface area contributed by atoms with Crippen LogP contribution in [0, 0.1) is 11.2 Å². The van der Waals surface area contributed by atoms with Crippen LogP contribution >= 0.6 is 0 Å². The fraction of sp³-hybridized carbons (Fsp3) is 0.571. The van der Waals surface area contributed by atoms with Crippen LogP contribution in [-0.4, -0.2) is 41.3 Å². The SMILES string of the molecule is CCOC(=O)c1cn(C(C)(C)C)c2nc(N3C[C@@H](N)C(C)(C)C3)c(F)cc2c1=O. The standard InChI is InChI=1S/C21H29FN4O3/c1-7-29-19(28)13-9-26(20(2,3)4)17-12(16(13)27)8-14(22)18(24-17)25-10-15(23)21(5,6)11-25/h8-9,15H,7,10-11,23H2,1-6H3/t15-/m1/s1. The molecule has 1 fully saturated rings. The summed E-state index contributed by atoms with van der Waals surface area (Å²) in [6.45, 7) is 12.7. The number of nitrogens with two attached hydrogens (primary N) is 1. The molecule has 7 nitrogen and oxygen atoms in total. The zero-order chi connectivity index (χ0) is 21.7. The number of ether oxygens (including phenoxy) is 1. The summed E-state index contributed by atoms with van der Waals surface area (Å²) < 4.78 is 21.8. The van der Waals surface area contributed by atoms with Gasteiger partial charge in [0.15, 0.2) is 11.6 Å². The van der Waals surface area contributed by atoms with Crippen molar-refractivity contribution in [3.8, 4) is 0 Å². The number of anilines is 1. The summed E-state index contributed by atoms with van der Waals surface area (Å²) in [5.74, 6) is -1.17. The Morgan fingerprint density at radius 1 is 1.41 bits per heavy atom. The van der Waals surface area contributed by atoms with Gasteiger partial charge in [-0.15, -0.1) is 0 Å². The fourth-order valence-corrected chi connectivity index (χ4v) is 3.62. The van der Waals surface area contributed by atoms with E-state index in [4.69, 9.17) is 10.5 Å². The van der Waals surface area contributed by atoms with Crippen LogP contribution in [0.2, 0.25) is 0 Å². The summed E-state index contributed by atoms with van der Waals surface area (Å²) in [7, 11) is 0. The number of nitrogens with zero attached hydrogens (tertiary/aromatic N) is 3. The van der Waals surface area contributed by atoms with Crippen LogP contribution in [0.5, 0.6) is 0 Å². The summed E-state index contributed by atoms with van der Waals surface area (Å²) >= 11 is 0. The number of carbonyl (C=O) groups excluding carboxylic acids is 1. The molecule has 2 N–H and O–H groups in total. The molecule has 2 aromatic rings. The van der Waals surface area contributed by atoms with Crippen LogP contribution in [-0.2, 0) is 10.3 Å². The van der Waals surface area contributed by atoms with Crippen molar-refractivity contribution in [1.82, 2.24) is 9.55 Å². The maximum Gasteiger partial charge on any atom is 0.343 e. The summed E-state index contributed by atoms with van der Waals surface area (Å²) in [6, 6.07) is 1.05. The average Bonchev–Trinajstić information content (AvgIpc) is 2.87. The molecule has 1 aliphatic heterocycles. The van der Waals surface area contributed by atoms with Crippen LogP contribution in [0.1, 0.15) is 51.9 Å². The minimum atomic E-state index is -0.728. The van der Waals surface area contributed by atoms with E-state index in [1.54, 1.807) is 11.5 Å². The van der Waals surface area contributed by atoms with Crippen LogP contribution in [0.3, 0.4) is 0 Å². The number of pyridine rings is 2. The highest BCUT2D eigenvalue weighted by atomic mass is 19.1. The quantitative estimate of drug-likeness (QED) is 0.791. The molecular formula is C21H29FN4O3. The number of esters is 1. The normalized spacial score (nSPS) is 19.0. The van der Waals surface area contributed by atoms with Gasteiger partial charge in [0.25, 0.3) is 0 Å². The first-order chi connectivity index (χ1) is 13.4. The molecule has 29 heavy (non-hydrogen) atoms. The molecule has 0 aliphatic carbocycles. The predicted molar refractivity (Wildman–Crippen MR) is 111 cm³/mol. The molecule has 1 aliphatic rings. The Labute approximate surface area is 169 Å². The molecule has 1 saturated heterocycles. The molecule has 3 heterocycles. The highest BCUT2D eigenvalue weighted by Crippen LogP contribution is 2.33. The van der Waals surface area contributed by atoms with Crippen molar-refractivity contribution in [2.75, 3.05) is 24.6 Å². The first-order valence-electron chi connectivity index (χ1n) is 9.81. The summed E-state index contributed by atoms with van der Waals surface area (Å²) in [4.78, 5) is 31.5. The van der Waals surface area contributed by atoms with Gasteiger partial charge in [0.05, 0.1) is 12.0 Å². The van der Waals surface area contributed by atoms with Crippen LogP contribution < -0.4 is 16.1 Å². The predicted octanol–water partition coefficient (Wildman–Crippen LogP) is 2.64. The van der Waals surface area contributed by atoms with E-state index in [1.165, 1.54) is 12.3 Å². The van der Waals surface area contributed by atoms with Gasteiger partial charge < -0.3 is 19.9 Å². The van der Waals surface area contributed by atoms with Crippen molar-refractivity contribution in [3.63, 3.8) is 0 Å². The van der Waals surface area contributed by atoms with Gasteiger partial charge in [-0.05, 0) is 39.2 Å². The van der Waals surface area contributed by atoms with Gasteiger partial charge in [-0.2, -0.15) is 0 Å². The molecule has 0 amide bonds. The number of hydrogen-bond acceptors (Lipinski definition) is 6. The van der Waals surface area contributed by atoms with Crippen molar-refractivity contribution in [2.45, 2.75) is 53.1 Å². The van der Waals surface area contributed by atoms with Gasteiger partial charge in [0.1, 0.15) is 11.2 Å². The number of rotatable bonds is 3. The van der Waals surface area contributed by atoms with Gasteiger partial charge in [-0.1, -0.05) is 13.8 Å². The van der Waals surface area contributed by atoms with E-state index in [-0.39, 0.29) is 34.8 Å². The third-order valence-electron chi connectivity index (χ3n) is 5.45. The molecular weight excluding hydrogens is 375 g/mol. The van der Waals surface area contributed by atoms with Gasteiger partial charge in [0, 0.05) is 30.9 Å². The van der Waals surface area contributed by atoms with E-state index < -0.39 is 22.8 Å². The molecule has 0 unspecified atom stereocenters.